The van der Waals surface area contributed by atoms with Crippen LogP contribution >= 0.6 is 0 Å². The number of amides is 1. The van der Waals surface area contributed by atoms with E-state index in [1.807, 2.05) is 0 Å². The minimum atomic E-state index is -1.17. The molecular formula is C12H14FNO4. The molecule has 0 fully saturated rings. The molecule has 0 aliphatic rings. The molecule has 1 amide bonds. The van der Waals surface area contributed by atoms with E-state index in [0.29, 0.717) is 0 Å². The highest BCUT2D eigenvalue weighted by molar-refractivity contribution is 5.83. The maximum absolute atomic E-state index is 12.9. The van der Waals surface area contributed by atoms with Crippen LogP contribution in [0.25, 0.3) is 0 Å². The van der Waals surface area contributed by atoms with Gasteiger partial charge in [-0.05, 0) is 24.6 Å². The molecule has 1 aromatic carbocycles. The van der Waals surface area contributed by atoms with E-state index in [1.165, 1.54) is 25.1 Å². The molecule has 0 aliphatic heterocycles. The quantitative estimate of drug-likeness (QED) is 0.727. The van der Waals surface area contributed by atoms with E-state index in [2.05, 4.69) is 5.32 Å². The number of aliphatic carboxylic acids is 1. The Labute approximate surface area is 103 Å². The van der Waals surface area contributed by atoms with Gasteiger partial charge >= 0.3 is 5.97 Å². The highest BCUT2D eigenvalue weighted by Crippen LogP contribution is 2.17. The number of benzene rings is 1. The third-order valence-electron chi connectivity index (χ3n) is 2.36. The van der Waals surface area contributed by atoms with Gasteiger partial charge in [-0.15, -0.1) is 0 Å². The largest absolute Gasteiger partial charge is 0.480 e. The second-order valence-electron chi connectivity index (χ2n) is 3.90. The number of aliphatic hydroxyl groups is 1. The van der Waals surface area contributed by atoms with Crippen LogP contribution in [0, 0.1) is 5.82 Å². The molecule has 0 aliphatic carbocycles. The zero-order chi connectivity index (χ0) is 13.7. The Hall–Kier alpha value is -1.95. The first kappa shape index (κ1) is 14.1. The third kappa shape index (κ3) is 4.14. The molecular weight excluding hydrogens is 241 g/mol. The standard InChI is InChI=1S/C12H14FNO4/c1-7(12(17)18)14-11(16)6-10(15)8-3-2-4-9(13)5-8/h2-5,7,10,15H,6H2,1H3,(H,14,16)(H,17,18)/t7-,10?/m0/s1. The highest BCUT2D eigenvalue weighted by Gasteiger charge is 2.18. The van der Waals surface area contributed by atoms with Gasteiger partial charge in [0.05, 0.1) is 12.5 Å². The summed E-state index contributed by atoms with van der Waals surface area (Å²) in [5, 5.41) is 20.5. The second kappa shape index (κ2) is 6.11. The van der Waals surface area contributed by atoms with E-state index < -0.39 is 29.8 Å². The lowest BCUT2D eigenvalue weighted by atomic mass is 10.1. The summed E-state index contributed by atoms with van der Waals surface area (Å²) in [4.78, 5) is 21.9. The lowest BCUT2D eigenvalue weighted by Gasteiger charge is -2.13. The van der Waals surface area contributed by atoms with E-state index in [9.17, 15) is 19.1 Å². The lowest BCUT2D eigenvalue weighted by molar-refractivity contribution is -0.141. The average molecular weight is 255 g/mol. The first-order chi connectivity index (χ1) is 8.40. The van der Waals surface area contributed by atoms with Gasteiger partial charge in [0, 0.05) is 0 Å². The molecule has 0 heterocycles. The van der Waals surface area contributed by atoms with E-state index in [1.54, 1.807) is 0 Å². The van der Waals surface area contributed by atoms with Crippen LogP contribution in [-0.2, 0) is 9.59 Å². The molecule has 0 saturated heterocycles. The second-order valence-corrected chi connectivity index (χ2v) is 3.90. The van der Waals surface area contributed by atoms with Crippen molar-refractivity contribution in [1.29, 1.82) is 0 Å². The van der Waals surface area contributed by atoms with Crippen LogP contribution in [0.15, 0.2) is 24.3 Å². The monoisotopic (exact) mass is 255 g/mol. The summed E-state index contributed by atoms with van der Waals surface area (Å²) in [7, 11) is 0. The van der Waals surface area contributed by atoms with Crippen LogP contribution in [0.4, 0.5) is 4.39 Å². The van der Waals surface area contributed by atoms with Crippen LogP contribution in [0.1, 0.15) is 25.0 Å². The molecule has 0 saturated carbocycles. The molecule has 98 valence electrons. The summed E-state index contributed by atoms with van der Waals surface area (Å²) >= 11 is 0. The number of nitrogens with one attached hydrogen (secondary N) is 1. The highest BCUT2D eigenvalue weighted by atomic mass is 19.1. The van der Waals surface area contributed by atoms with Crippen molar-refractivity contribution in [3.05, 3.63) is 35.6 Å². The van der Waals surface area contributed by atoms with Gasteiger partial charge in [0.25, 0.3) is 0 Å². The fourth-order valence-corrected chi connectivity index (χ4v) is 1.37. The summed E-state index contributed by atoms with van der Waals surface area (Å²) in [5.41, 5.74) is 0.271. The number of carboxylic acid groups (broad SMARTS) is 1. The first-order valence-corrected chi connectivity index (χ1v) is 5.36. The molecule has 0 aromatic heterocycles. The van der Waals surface area contributed by atoms with Gasteiger partial charge in [-0.3, -0.25) is 9.59 Å². The van der Waals surface area contributed by atoms with Gasteiger partial charge in [0.2, 0.25) is 5.91 Å². The number of carbonyl (C=O) groups is 2. The maximum Gasteiger partial charge on any atom is 0.325 e. The molecule has 0 bridgehead atoms. The molecule has 3 N–H and O–H groups in total. The maximum atomic E-state index is 12.9. The summed E-state index contributed by atoms with van der Waals surface area (Å²) < 4.78 is 12.9. The minimum absolute atomic E-state index is 0.271. The fraction of sp³-hybridized carbons (Fsp3) is 0.333. The molecule has 5 nitrogen and oxygen atoms in total. The van der Waals surface area contributed by atoms with E-state index in [4.69, 9.17) is 5.11 Å². The number of carboxylic acids is 1. The van der Waals surface area contributed by atoms with Crippen molar-refractivity contribution in [2.24, 2.45) is 0 Å². The topological polar surface area (TPSA) is 86.6 Å². The predicted molar refractivity (Wildman–Crippen MR) is 61.2 cm³/mol. The van der Waals surface area contributed by atoms with Crippen LogP contribution in [0.2, 0.25) is 0 Å². The number of halogens is 1. The van der Waals surface area contributed by atoms with Crippen LogP contribution in [0.3, 0.4) is 0 Å². The SMILES string of the molecule is C[C@H](NC(=O)CC(O)c1cccc(F)c1)C(=O)O. The molecule has 1 unspecified atom stereocenters. The molecule has 1 aromatic rings. The van der Waals surface area contributed by atoms with Gasteiger partial charge in [-0.25, -0.2) is 4.39 Å². The molecule has 18 heavy (non-hydrogen) atoms. The summed E-state index contributed by atoms with van der Waals surface area (Å²) in [6, 6.07) is 4.23. The fourth-order valence-electron chi connectivity index (χ4n) is 1.37. The predicted octanol–water partition coefficient (Wildman–Crippen LogP) is 0.839. The van der Waals surface area contributed by atoms with E-state index in [-0.39, 0.29) is 12.0 Å². The molecule has 6 heteroatoms. The van der Waals surface area contributed by atoms with Crippen molar-refractivity contribution in [1.82, 2.24) is 5.32 Å². The summed E-state index contributed by atoms with van der Waals surface area (Å²) in [6.07, 6.45) is -1.48. The normalized spacial score (nSPS) is 13.7. The van der Waals surface area contributed by atoms with Crippen LogP contribution in [-0.4, -0.2) is 28.1 Å². The Kier molecular flexibility index (Phi) is 4.79. The number of carbonyl (C=O) groups excluding carboxylic acids is 1. The van der Waals surface area contributed by atoms with Crippen molar-refractivity contribution in [2.75, 3.05) is 0 Å². The Morgan fingerprint density at radius 1 is 1.44 bits per heavy atom. The Morgan fingerprint density at radius 2 is 2.11 bits per heavy atom. The van der Waals surface area contributed by atoms with Crippen LogP contribution in [0.5, 0.6) is 0 Å². The van der Waals surface area contributed by atoms with Crippen LogP contribution < -0.4 is 5.32 Å². The number of aliphatic hydroxyl groups excluding tert-OH is 1. The van der Waals surface area contributed by atoms with E-state index in [0.717, 1.165) is 6.07 Å². The minimum Gasteiger partial charge on any atom is -0.480 e. The number of rotatable bonds is 5. The van der Waals surface area contributed by atoms with Gasteiger partial charge in [0.1, 0.15) is 11.9 Å². The van der Waals surface area contributed by atoms with Gasteiger partial charge in [-0.2, -0.15) is 0 Å². The molecule has 0 spiro atoms. The molecule has 1 rings (SSSR count). The number of hydrogen-bond donors (Lipinski definition) is 3. The van der Waals surface area contributed by atoms with Crippen molar-refractivity contribution >= 4 is 11.9 Å². The summed E-state index contributed by atoms with van der Waals surface area (Å²) in [6.45, 7) is 1.31. The van der Waals surface area contributed by atoms with E-state index >= 15 is 0 Å². The molecule has 0 radical (unpaired) electrons. The Bertz CT molecular complexity index is 449. The van der Waals surface area contributed by atoms with Crippen molar-refractivity contribution < 1.29 is 24.2 Å². The van der Waals surface area contributed by atoms with Crippen molar-refractivity contribution in [2.45, 2.75) is 25.5 Å². The zero-order valence-corrected chi connectivity index (χ0v) is 9.76. The van der Waals surface area contributed by atoms with Gasteiger partial charge < -0.3 is 15.5 Å². The van der Waals surface area contributed by atoms with Gasteiger partial charge in [0.15, 0.2) is 0 Å². The van der Waals surface area contributed by atoms with Crippen molar-refractivity contribution in [3.8, 4) is 0 Å². The Balaban J connectivity index is 2.57. The third-order valence-corrected chi connectivity index (χ3v) is 2.36. The van der Waals surface area contributed by atoms with Crippen molar-refractivity contribution in [3.63, 3.8) is 0 Å². The average Bonchev–Trinajstić information content (AvgIpc) is 2.28. The number of hydrogen-bond acceptors (Lipinski definition) is 3. The Morgan fingerprint density at radius 3 is 2.67 bits per heavy atom. The first-order valence-electron chi connectivity index (χ1n) is 5.36. The smallest absolute Gasteiger partial charge is 0.325 e. The lowest BCUT2D eigenvalue weighted by Crippen LogP contribution is -2.38. The summed E-state index contributed by atoms with van der Waals surface area (Å²) in [5.74, 6) is -2.28. The molecule has 2 atom stereocenters. The van der Waals surface area contributed by atoms with Gasteiger partial charge in [-0.1, -0.05) is 12.1 Å². The zero-order valence-electron chi connectivity index (χ0n) is 9.76.